The molecule has 0 aliphatic heterocycles. The fourth-order valence-corrected chi connectivity index (χ4v) is 4.10. The number of nitrogens with one attached hydrogen (secondary N) is 1. The summed E-state index contributed by atoms with van der Waals surface area (Å²) in [6.45, 7) is 0.225. The van der Waals surface area contributed by atoms with Gasteiger partial charge in [0.1, 0.15) is 5.75 Å². The van der Waals surface area contributed by atoms with Gasteiger partial charge in [0.2, 0.25) is 15.9 Å². The zero-order chi connectivity index (χ0) is 19.9. The van der Waals surface area contributed by atoms with E-state index in [0.29, 0.717) is 17.9 Å². The number of nitrogens with zero attached hydrogens (tertiary/aromatic N) is 1. The van der Waals surface area contributed by atoms with Crippen molar-refractivity contribution < 1.29 is 17.9 Å². The molecule has 27 heavy (non-hydrogen) atoms. The summed E-state index contributed by atoms with van der Waals surface area (Å²) in [5, 5.41) is 2.88. The largest absolute Gasteiger partial charge is 0.497 e. The molecule has 1 amide bonds. The smallest absolute Gasteiger partial charge is 0.232 e. The number of anilines is 2. The average Bonchev–Trinajstić information content (AvgIpc) is 2.65. The molecule has 0 saturated heterocycles. The second-order valence-corrected chi connectivity index (χ2v) is 8.64. The molecule has 8 heteroatoms. The predicted molar refractivity (Wildman–Crippen MR) is 111 cm³/mol. The van der Waals surface area contributed by atoms with E-state index >= 15 is 0 Å². The summed E-state index contributed by atoms with van der Waals surface area (Å²) in [6.07, 6.45) is 3.74. The van der Waals surface area contributed by atoms with Crippen LogP contribution < -0.4 is 14.4 Å². The third-order valence-corrected chi connectivity index (χ3v) is 5.90. The van der Waals surface area contributed by atoms with Crippen LogP contribution >= 0.6 is 11.8 Å². The number of carbonyl (C=O) groups excluding carboxylic acids is 1. The highest BCUT2D eigenvalue weighted by Crippen LogP contribution is 2.25. The molecule has 0 radical (unpaired) electrons. The Kier molecular flexibility index (Phi) is 7.55. The monoisotopic (exact) mass is 408 g/mol. The first-order chi connectivity index (χ1) is 12.8. The molecule has 0 saturated carbocycles. The zero-order valence-corrected chi connectivity index (χ0v) is 17.3. The molecule has 2 rings (SSSR count). The van der Waals surface area contributed by atoms with E-state index in [2.05, 4.69) is 5.32 Å². The molecule has 0 aliphatic rings. The molecule has 0 heterocycles. The van der Waals surface area contributed by atoms with Crippen molar-refractivity contribution in [3.8, 4) is 5.75 Å². The molecule has 0 aliphatic carbocycles. The van der Waals surface area contributed by atoms with Gasteiger partial charge in [0.25, 0.3) is 0 Å². The predicted octanol–water partition coefficient (Wildman–Crippen LogP) is 3.60. The fourth-order valence-electron chi connectivity index (χ4n) is 2.58. The molecule has 0 fully saturated rings. The van der Waals surface area contributed by atoms with Crippen LogP contribution in [0.5, 0.6) is 5.75 Å². The van der Waals surface area contributed by atoms with Crippen molar-refractivity contribution in [3.63, 3.8) is 0 Å². The topological polar surface area (TPSA) is 75.7 Å². The van der Waals surface area contributed by atoms with Crippen LogP contribution in [0.25, 0.3) is 0 Å². The highest BCUT2D eigenvalue weighted by Gasteiger charge is 2.18. The first-order valence-corrected chi connectivity index (χ1v) is 11.5. The van der Waals surface area contributed by atoms with Crippen LogP contribution in [0.15, 0.2) is 53.4 Å². The normalized spacial score (nSPS) is 11.1. The number of amides is 1. The number of rotatable bonds is 9. The van der Waals surface area contributed by atoms with Crippen LogP contribution in [0, 0.1) is 0 Å². The van der Waals surface area contributed by atoms with Gasteiger partial charge in [-0.2, -0.15) is 0 Å². The second kappa shape index (κ2) is 9.66. The first kappa shape index (κ1) is 21.1. The van der Waals surface area contributed by atoms with Crippen LogP contribution in [0.2, 0.25) is 0 Å². The Balaban J connectivity index is 1.98. The Morgan fingerprint density at radius 1 is 1.15 bits per heavy atom. The van der Waals surface area contributed by atoms with Crippen molar-refractivity contribution in [2.24, 2.45) is 0 Å². The van der Waals surface area contributed by atoms with Gasteiger partial charge in [-0.1, -0.05) is 12.1 Å². The Morgan fingerprint density at radius 3 is 2.41 bits per heavy atom. The summed E-state index contributed by atoms with van der Waals surface area (Å²) in [7, 11) is -1.89. The quantitative estimate of drug-likeness (QED) is 0.642. The number of ether oxygens (including phenoxy) is 1. The maximum Gasteiger partial charge on any atom is 0.232 e. The molecular formula is C19H24N2O4S2. The van der Waals surface area contributed by atoms with Crippen molar-refractivity contribution in [1.29, 1.82) is 0 Å². The minimum absolute atomic E-state index is 0.139. The van der Waals surface area contributed by atoms with Gasteiger partial charge in [0.05, 0.1) is 24.7 Å². The van der Waals surface area contributed by atoms with Gasteiger partial charge in [0.15, 0.2) is 0 Å². The van der Waals surface area contributed by atoms with E-state index in [4.69, 9.17) is 4.74 Å². The minimum Gasteiger partial charge on any atom is -0.497 e. The lowest BCUT2D eigenvalue weighted by Crippen LogP contribution is -2.31. The number of carbonyl (C=O) groups is 1. The van der Waals surface area contributed by atoms with Crippen LogP contribution in [-0.2, 0) is 14.8 Å². The summed E-state index contributed by atoms with van der Waals surface area (Å²) < 4.78 is 30.7. The van der Waals surface area contributed by atoms with E-state index in [1.165, 1.54) is 4.31 Å². The van der Waals surface area contributed by atoms with Crippen molar-refractivity contribution >= 4 is 39.1 Å². The summed E-state index contributed by atoms with van der Waals surface area (Å²) in [4.78, 5) is 13.2. The molecule has 0 aromatic heterocycles. The molecule has 1 N–H and O–H groups in total. The Hall–Kier alpha value is -2.19. The first-order valence-electron chi connectivity index (χ1n) is 8.40. The Morgan fingerprint density at radius 2 is 1.81 bits per heavy atom. The molecule has 0 unspecified atom stereocenters. The van der Waals surface area contributed by atoms with Crippen LogP contribution in [-0.4, -0.2) is 40.5 Å². The molecule has 2 aromatic carbocycles. The van der Waals surface area contributed by atoms with Gasteiger partial charge in [0, 0.05) is 17.9 Å². The van der Waals surface area contributed by atoms with E-state index in [9.17, 15) is 13.2 Å². The number of methoxy groups -OCH3 is 1. The van der Waals surface area contributed by atoms with Crippen molar-refractivity contribution in [2.75, 3.05) is 35.8 Å². The minimum atomic E-state index is -3.45. The van der Waals surface area contributed by atoms with Crippen LogP contribution in [0.3, 0.4) is 0 Å². The van der Waals surface area contributed by atoms with E-state index in [-0.39, 0.29) is 18.9 Å². The van der Waals surface area contributed by atoms with Crippen molar-refractivity contribution in [3.05, 3.63) is 48.5 Å². The van der Waals surface area contributed by atoms with E-state index in [1.54, 1.807) is 43.1 Å². The third kappa shape index (κ3) is 6.18. The molecule has 146 valence electrons. The van der Waals surface area contributed by atoms with Crippen LogP contribution in [0.4, 0.5) is 11.4 Å². The molecule has 0 atom stereocenters. The molecular weight excluding hydrogens is 384 g/mol. The number of sulfonamides is 1. The number of para-hydroxylation sites is 1. The van der Waals surface area contributed by atoms with Crippen LogP contribution in [0.1, 0.15) is 12.8 Å². The summed E-state index contributed by atoms with van der Waals surface area (Å²) >= 11 is 1.56. The number of benzene rings is 2. The SMILES string of the molecule is COc1ccc(N(CCCC(=O)Nc2ccccc2SC)S(C)(=O)=O)cc1. The maximum atomic E-state index is 12.2. The van der Waals surface area contributed by atoms with E-state index in [1.807, 2.05) is 30.5 Å². The lowest BCUT2D eigenvalue weighted by Gasteiger charge is -2.22. The number of hydrogen-bond donors (Lipinski definition) is 1. The van der Waals surface area contributed by atoms with Gasteiger partial charge < -0.3 is 10.1 Å². The molecule has 2 aromatic rings. The van der Waals surface area contributed by atoms with Gasteiger partial charge in [-0.15, -0.1) is 11.8 Å². The van der Waals surface area contributed by atoms with Crippen molar-refractivity contribution in [2.45, 2.75) is 17.7 Å². The lowest BCUT2D eigenvalue weighted by atomic mass is 10.2. The van der Waals surface area contributed by atoms with Gasteiger partial charge in [-0.05, 0) is 49.1 Å². The van der Waals surface area contributed by atoms with Gasteiger partial charge >= 0.3 is 0 Å². The summed E-state index contributed by atoms with van der Waals surface area (Å²) in [5.41, 5.74) is 1.32. The molecule has 0 bridgehead atoms. The zero-order valence-electron chi connectivity index (χ0n) is 15.6. The molecule has 6 nitrogen and oxygen atoms in total. The van der Waals surface area contributed by atoms with Gasteiger partial charge in [-0.3, -0.25) is 9.10 Å². The summed E-state index contributed by atoms with van der Waals surface area (Å²) in [6, 6.07) is 14.4. The fraction of sp³-hybridized carbons (Fsp3) is 0.316. The second-order valence-electron chi connectivity index (χ2n) is 5.89. The molecule has 0 spiro atoms. The Labute approximate surface area is 165 Å². The lowest BCUT2D eigenvalue weighted by molar-refractivity contribution is -0.116. The van der Waals surface area contributed by atoms with Crippen molar-refractivity contribution in [1.82, 2.24) is 0 Å². The highest BCUT2D eigenvalue weighted by atomic mass is 32.2. The van der Waals surface area contributed by atoms with E-state index < -0.39 is 10.0 Å². The Bertz CT molecular complexity index is 868. The number of hydrogen-bond acceptors (Lipinski definition) is 5. The number of thioether (sulfide) groups is 1. The van der Waals surface area contributed by atoms with E-state index in [0.717, 1.165) is 16.8 Å². The van der Waals surface area contributed by atoms with Gasteiger partial charge in [-0.25, -0.2) is 8.42 Å². The average molecular weight is 409 g/mol. The summed E-state index contributed by atoms with van der Waals surface area (Å²) in [5.74, 6) is 0.513. The standard InChI is InChI=1S/C19H24N2O4S2/c1-25-16-12-10-15(11-13-16)21(27(3,23)24)14-6-9-19(22)20-17-7-4-5-8-18(17)26-2/h4-5,7-8,10-13H,6,9,14H2,1-3H3,(H,20,22). The highest BCUT2D eigenvalue weighted by molar-refractivity contribution is 7.98. The maximum absolute atomic E-state index is 12.2. The third-order valence-electron chi connectivity index (χ3n) is 3.91.